The van der Waals surface area contributed by atoms with Crippen LogP contribution in [0.15, 0.2) is 12.1 Å². The Hall–Kier alpha value is -1.67. The van der Waals surface area contributed by atoms with Gasteiger partial charge in [0.15, 0.2) is 5.82 Å². The fourth-order valence-electron chi connectivity index (χ4n) is 1.41. The van der Waals surface area contributed by atoms with Crippen molar-refractivity contribution in [2.45, 2.75) is 19.8 Å². The van der Waals surface area contributed by atoms with E-state index in [0.29, 0.717) is 18.9 Å². The number of amides is 1. The predicted octanol–water partition coefficient (Wildman–Crippen LogP) is 3.50. The highest BCUT2D eigenvalue weighted by atomic mass is 35.5. The Morgan fingerprint density at radius 1 is 1.56 bits per heavy atom. The molecule has 0 radical (unpaired) electrons. The van der Waals surface area contributed by atoms with E-state index < -0.39 is 23.5 Å². The Kier molecular flexibility index (Phi) is 5.05. The molecule has 1 unspecified atom stereocenters. The second-order valence-corrected chi connectivity index (χ2v) is 4.11. The first-order valence-corrected chi connectivity index (χ1v) is 5.72. The quantitative estimate of drug-likeness (QED) is 0.912. The second-order valence-electron chi connectivity index (χ2n) is 3.70. The van der Waals surface area contributed by atoms with Crippen LogP contribution in [0.25, 0.3) is 0 Å². The molecule has 0 heterocycles. The molecule has 0 bridgehead atoms. The predicted molar refractivity (Wildman–Crippen MR) is 64.0 cm³/mol. The number of rotatable bonds is 4. The van der Waals surface area contributed by atoms with Gasteiger partial charge in [-0.15, -0.1) is 0 Å². The highest BCUT2D eigenvalue weighted by molar-refractivity contribution is 6.33. The lowest BCUT2D eigenvalue weighted by molar-refractivity contribution is -0.118. The van der Waals surface area contributed by atoms with Gasteiger partial charge in [-0.05, 0) is 12.5 Å². The number of carbonyl (C=O) groups is 1. The van der Waals surface area contributed by atoms with Gasteiger partial charge in [0.2, 0.25) is 5.91 Å². The number of nitriles is 1. The standard InChI is InChI=1S/C12H11ClF2N2O/c1-2-3-7(6-16)12(18)17-11-9(13)4-8(14)5-10(11)15/h4-5,7H,2-3H2,1H3,(H,17,18). The number of carbonyl (C=O) groups excluding carboxylic acids is 1. The molecule has 1 aromatic carbocycles. The molecule has 0 aliphatic heterocycles. The molecule has 0 aliphatic rings. The molecule has 18 heavy (non-hydrogen) atoms. The molecular formula is C12H11ClF2N2O. The number of hydrogen-bond donors (Lipinski definition) is 1. The third kappa shape index (κ3) is 3.41. The van der Waals surface area contributed by atoms with E-state index in [9.17, 15) is 13.6 Å². The van der Waals surface area contributed by atoms with Gasteiger partial charge >= 0.3 is 0 Å². The Balaban J connectivity index is 2.92. The number of benzene rings is 1. The van der Waals surface area contributed by atoms with Crippen molar-refractivity contribution in [3.8, 4) is 6.07 Å². The van der Waals surface area contributed by atoms with Gasteiger partial charge in [0.1, 0.15) is 11.7 Å². The monoisotopic (exact) mass is 272 g/mol. The molecule has 3 nitrogen and oxygen atoms in total. The lowest BCUT2D eigenvalue weighted by Gasteiger charge is -2.11. The van der Waals surface area contributed by atoms with Gasteiger partial charge in [-0.2, -0.15) is 5.26 Å². The fourth-order valence-corrected chi connectivity index (χ4v) is 1.66. The van der Waals surface area contributed by atoms with Gasteiger partial charge in [-0.1, -0.05) is 24.9 Å². The van der Waals surface area contributed by atoms with Gasteiger partial charge in [-0.3, -0.25) is 4.79 Å². The van der Waals surface area contributed by atoms with Crippen molar-refractivity contribution in [1.82, 2.24) is 0 Å². The number of anilines is 1. The Morgan fingerprint density at radius 2 is 2.22 bits per heavy atom. The zero-order chi connectivity index (χ0) is 13.7. The van der Waals surface area contributed by atoms with Crippen LogP contribution in [-0.2, 0) is 4.79 Å². The van der Waals surface area contributed by atoms with Crippen LogP contribution in [0.2, 0.25) is 5.02 Å². The third-order valence-electron chi connectivity index (χ3n) is 2.30. The average Bonchev–Trinajstić information content (AvgIpc) is 2.30. The maximum atomic E-state index is 13.4. The molecule has 6 heteroatoms. The van der Waals surface area contributed by atoms with Crippen molar-refractivity contribution in [2.75, 3.05) is 5.32 Å². The molecule has 0 saturated carbocycles. The van der Waals surface area contributed by atoms with Crippen LogP contribution < -0.4 is 5.32 Å². The molecular weight excluding hydrogens is 262 g/mol. The summed E-state index contributed by atoms with van der Waals surface area (Å²) in [6.45, 7) is 1.82. The van der Waals surface area contributed by atoms with Gasteiger partial charge in [-0.25, -0.2) is 8.78 Å². The first kappa shape index (κ1) is 14.4. The summed E-state index contributed by atoms with van der Waals surface area (Å²) in [6.07, 6.45) is 1.01. The molecule has 1 amide bonds. The van der Waals surface area contributed by atoms with Crippen molar-refractivity contribution in [1.29, 1.82) is 5.26 Å². The first-order chi connectivity index (χ1) is 8.49. The number of hydrogen-bond acceptors (Lipinski definition) is 2. The minimum atomic E-state index is -0.971. The molecule has 0 fully saturated rings. The molecule has 1 atom stereocenters. The fraction of sp³-hybridized carbons (Fsp3) is 0.333. The van der Waals surface area contributed by atoms with Crippen molar-refractivity contribution in [3.05, 3.63) is 28.8 Å². The molecule has 0 aliphatic carbocycles. The normalized spacial score (nSPS) is 11.7. The maximum absolute atomic E-state index is 13.4. The lowest BCUT2D eigenvalue weighted by atomic mass is 10.0. The molecule has 0 saturated heterocycles. The number of nitrogens with one attached hydrogen (secondary N) is 1. The van der Waals surface area contributed by atoms with Gasteiger partial charge in [0.25, 0.3) is 0 Å². The summed E-state index contributed by atoms with van der Waals surface area (Å²) in [4.78, 5) is 11.7. The van der Waals surface area contributed by atoms with Gasteiger partial charge in [0, 0.05) is 6.07 Å². The van der Waals surface area contributed by atoms with Gasteiger partial charge < -0.3 is 5.32 Å². The van der Waals surface area contributed by atoms with E-state index in [1.165, 1.54) is 0 Å². The summed E-state index contributed by atoms with van der Waals surface area (Å²) in [5.74, 6) is -3.33. The van der Waals surface area contributed by atoms with E-state index in [-0.39, 0.29) is 10.7 Å². The van der Waals surface area contributed by atoms with Crippen molar-refractivity contribution < 1.29 is 13.6 Å². The van der Waals surface area contributed by atoms with E-state index >= 15 is 0 Å². The van der Waals surface area contributed by atoms with E-state index in [1.54, 1.807) is 0 Å². The van der Waals surface area contributed by atoms with Crippen LogP contribution in [0, 0.1) is 28.9 Å². The first-order valence-electron chi connectivity index (χ1n) is 5.34. The second kappa shape index (κ2) is 6.31. The summed E-state index contributed by atoms with van der Waals surface area (Å²) in [5.41, 5.74) is -0.306. The van der Waals surface area contributed by atoms with Crippen LogP contribution in [0.3, 0.4) is 0 Å². The lowest BCUT2D eigenvalue weighted by Crippen LogP contribution is -2.22. The zero-order valence-corrected chi connectivity index (χ0v) is 10.4. The summed E-state index contributed by atoms with van der Waals surface area (Å²) >= 11 is 5.63. The van der Waals surface area contributed by atoms with Crippen LogP contribution in [0.4, 0.5) is 14.5 Å². The summed E-state index contributed by atoms with van der Waals surface area (Å²) in [6, 6.07) is 3.33. The SMILES string of the molecule is CCCC(C#N)C(=O)Nc1c(F)cc(F)cc1Cl. The summed E-state index contributed by atoms with van der Waals surface area (Å²) in [5, 5.41) is 10.8. The highest BCUT2D eigenvalue weighted by Gasteiger charge is 2.20. The summed E-state index contributed by atoms with van der Waals surface area (Å²) in [7, 11) is 0. The highest BCUT2D eigenvalue weighted by Crippen LogP contribution is 2.27. The molecule has 0 spiro atoms. The Morgan fingerprint density at radius 3 is 2.72 bits per heavy atom. The molecule has 1 rings (SSSR count). The van der Waals surface area contributed by atoms with E-state index in [0.717, 1.165) is 6.07 Å². The summed E-state index contributed by atoms with van der Waals surface area (Å²) < 4.78 is 26.2. The van der Waals surface area contributed by atoms with E-state index in [1.807, 2.05) is 13.0 Å². The van der Waals surface area contributed by atoms with Crippen LogP contribution >= 0.6 is 11.6 Å². The molecule has 96 valence electrons. The molecule has 0 aromatic heterocycles. The molecule has 1 aromatic rings. The Bertz CT molecular complexity index is 476. The number of halogens is 3. The zero-order valence-electron chi connectivity index (χ0n) is 9.64. The Labute approximate surface area is 108 Å². The smallest absolute Gasteiger partial charge is 0.241 e. The minimum Gasteiger partial charge on any atom is -0.321 e. The van der Waals surface area contributed by atoms with E-state index in [2.05, 4.69) is 5.32 Å². The number of nitrogens with zero attached hydrogens (tertiary/aromatic N) is 1. The van der Waals surface area contributed by atoms with Crippen LogP contribution in [0.5, 0.6) is 0 Å². The van der Waals surface area contributed by atoms with Crippen molar-refractivity contribution in [2.24, 2.45) is 5.92 Å². The molecule has 1 N–H and O–H groups in total. The van der Waals surface area contributed by atoms with E-state index in [4.69, 9.17) is 16.9 Å². The van der Waals surface area contributed by atoms with Crippen molar-refractivity contribution in [3.63, 3.8) is 0 Å². The van der Waals surface area contributed by atoms with Gasteiger partial charge in [0.05, 0.1) is 16.8 Å². The average molecular weight is 273 g/mol. The minimum absolute atomic E-state index is 0.242. The van der Waals surface area contributed by atoms with Crippen molar-refractivity contribution >= 4 is 23.2 Å². The van der Waals surface area contributed by atoms with Crippen LogP contribution in [0.1, 0.15) is 19.8 Å². The maximum Gasteiger partial charge on any atom is 0.241 e. The van der Waals surface area contributed by atoms with Crippen LogP contribution in [-0.4, -0.2) is 5.91 Å². The third-order valence-corrected chi connectivity index (χ3v) is 2.60. The topological polar surface area (TPSA) is 52.9 Å². The largest absolute Gasteiger partial charge is 0.321 e.